The molecule has 4 aliphatic rings. The molecule has 0 bridgehead atoms. The minimum atomic E-state index is -1.62. The molecule has 4 aromatic rings. The van der Waals surface area contributed by atoms with Gasteiger partial charge in [0, 0.05) is 29.0 Å². The van der Waals surface area contributed by atoms with Crippen LogP contribution in [0.4, 0.5) is 0 Å². The van der Waals surface area contributed by atoms with Gasteiger partial charge in [-0.2, -0.15) is 10.2 Å². The second kappa shape index (κ2) is 11.6. The second-order valence-electron chi connectivity index (χ2n) is 14.2. The Morgan fingerprint density at radius 3 is 1.59 bits per heavy atom. The monoisotopic (exact) mass is 684 g/mol. The smallest absolute Gasteiger partial charge is 0.303 e. The molecule has 0 aliphatic heterocycles. The third-order valence-electron chi connectivity index (χ3n) is 11.0. The summed E-state index contributed by atoms with van der Waals surface area (Å²) in [4.78, 5) is 34.5. The standard InChI is InChI=1S/C17H17Cl3N2O2.C17H18N2O3/c18-17(19,20)14(23)10-7-16(8-10)5-9(6-16)13-11-3-1-2-4-12(11)15(24)22-21-13;20-14(21)5-10-6-17(7-10)8-11(9-17)15-12-3-1-2-4-13(12)16(22)19-18-15/h1-4,9-10,14,23H,5-8H2,(H,22,24);1-4,10-11H,5-9H2,(H,19,22)(H,20,21). The maximum absolute atomic E-state index is 11.9. The second-order valence-corrected chi connectivity index (χ2v) is 16.6. The van der Waals surface area contributed by atoms with Gasteiger partial charge in [-0.1, -0.05) is 71.2 Å². The molecule has 12 heteroatoms. The number of halogens is 3. The number of aromatic nitrogens is 4. The number of aliphatic hydroxyl groups excluding tert-OH is 1. The fraction of sp³-hybridized carbons (Fsp3) is 0.500. The van der Waals surface area contributed by atoms with E-state index in [1.807, 2.05) is 48.5 Å². The fourth-order valence-electron chi connectivity index (χ4n) is 9.02. The molecule has 2 aromatic carbocycles. The Hall–Kier alpha value is -2.98. The van der Waals surface area contributed by atoms with Crippen molar-refractivity contribution in [2.75, 3.05) is 0 Å². The van der Waals surface area contributed by atoms with Crippen LogP contribution in [-0.4, -0.2) is 46.5 Å². The Labute approximate surface area is 279 Å². The number of rotatable bonds is 5. The zero-order valence-corrected chi connectivity index (χ0v) is 27.3. The third-order valence-corrected chi connectivity index (χ3v) is 11.7. The van der Waals surface area contributed by atoms with Crippen molar-refractivity contribution < 1.29 is 15.0 Å². The number of benzene rings is 2. The van der Waals surface area contributed by atoms with E-state index in [1.54, 1.807) is 0 Å². The van der Waals surface area contributed by atoms with Gasteiger partial charge in [0.15, 0.2) is 0 Å². The molecule has 46 heavy (non-hydrogen) atoms. The first-order valence-electron chi connectivity index (χ1n) is 15.8. The third kappa shape index (κ3) is 5.74. The van der Waals surface area contributed by atoms with Crippen LogP contribution in [0.15, 0.2) is 58.1 Å². The molecular weight excluding hydrogens is 651 g/mol. The Bertz CT molecular complexity index is 1910. The summed E-state index contributed by atoms with van der Waals surface area (Å²) in [7, 11) is 0. The Kier molecular flexibility index (Phi) is 7.98. The van der Waals surface area contributed by atoms with Crippen molar-refractivity contribution in [3.8, 4) is 0 Å². The molecule has 0 saturated heterocycles. The van der Waals surface area contributed by atoms with Gasteiger partial charge in [0.25, 0.3) is 11.1 Å². The van der Waals surface area contributed by atoms with Crippen LogP contribution in [0.2, 0.25) is 0 Å². The molecule has 2 heterocycles. The van der Waals surface area contributed by atoms with Crippen LogP contribution in [0.1, 0.15) is 81.0 Å². The maximum Gasteiger partial charge on any atom is 0.303 e. The highest BCUT2D eigenvalue weighted by atomic mass is 35.6. The Morgan fingerprint density at radius 2 is 1.17 bits per heavy atom. The van der Waals surface area contributed by atoms with Crippen molar-refractivity contribution in [3.63, 3.8) is 0 Å². The zero-order valence-electron chi connectivity index (χ0n) is 25.0. The first kappa shape index (κ1) is 31.6. The van der Waals surface area contributed by atoms with Crippen molar-refractivity contribution in [2.45, 2.75) is 79.5 Å². The SMILES string of the molecule is O=C(O)CC1CC2(C1)CC(c1n[nH]c(=O)c3ccccc13)C2.O=c1[nH]nc(C2CC3(C2)CC(C(O)C(Cl)(Cl)Cl)C3)c2ccccc12. The summed E-state index contributed by atoms with van der Waals surface area (Å²) in [5, 5.41) is 36.0. The van der Waals surface area contributed by atoms with E-state index in [4.69, 9.17) is 39.9 Å². The number of alkyl halides is 3. The lowest BCUT2D eigenvalue weighted by Gasteiger charge is -2.59. The predicted octanol–water partition coefficient (Wildman–Crippen LogP) is 6.60. The number of carboxylic acid groups (broad SMARTS) is 1. The number of fused-ring (bicyclic) bond motifs is 2. The highest BCUT2D eigenvalue weighted by Gasteiger charge is 2.57. The quantitative estimate of drug-likeness (QED) is 0.173. The van der Waals surface area contributed by atoms with Crippen LogP contribution in [0, 0.1) is 22.7 Å². The molecule has 4 saturated carbocycles. The number of carboxylic acids is 1. The zero-order chi connectivity index (χ0) is 32.4. The number of carbonyl (C=O) groups is 1. The predicted molar refractivity (Wildman–Crippen MR) is 178 cm³/mol. The summed E-state index contributed by atoms with van der Waals surface area (Å²) in [5.41, 5.74) is 2.22. The van der Waals surface area contributed by atoms with Crippen LogP contribution in [0.25, 0.3) is 21.5 Å². The van der Waals surface area contributed by atoms with E-state index >= 15 is 0 Å². The number of nitrogens with zero attached hydrogens (tertiary/aromatic N) is 2. The van der Waals surface area contributed by atoms with Gasteiger partial charge in [-0.25, -0.2) is 10.2 Å². The van der Waals surface area contributed by atoms with E-state index < -0.39 is 15.9 Å². The summed E-state index contributed by atoms with van der Waals surface area (Å²) in [5.74, 6) is 0.409. The molecule has 4 fully saturated rings. The molecular formula is C34H35Cl3N4O5. The summed E-state index contributed by atoms with van der Waals surface area (Å²) < 4.78 is -1.62. The molecule has 242 valence electrons. The summed E-state index contributed by atoms with van der Waals surface area (Å²) in [6.07, 6.45) is 7.30. The van der Waals surface area contributed by atoms with Crippen molar-refractivity contribution in [3.05, 3.63) is 80.6 Å². The topological polar surface area (TPSA) is 149 Å². The number of aliphatic carboxylic acids is 1. The first-order chi connectivity index (χ1) is 21.9. The van der Waals surface area contributed by atoms with E-state index in [0.717, 1.165) is 73.5 Å². The van der Waals surface area contributed by atoms with Gasteiger partial charge >= 0.3 is 5.97 Å². The number of H-pyrrole nitrogens is 2. The van der Waals surface area contributed by atoms with E-state index in [2.05, 4.69) is 20.4 Å². The molecule has 4 aliphatic carbocycles. The molecule has 0 amide bonds. The lowest BCUT2D eigenvalue weighted by atomic mass is 9.47. The van der Waals surface area contributed by atoms with Crippen LogP contribution in [-0.2, 0) is 4.79 Å². The van der Waals surface area contributed by atoms with Crippen molar-refractivity contribution in [2.24, 2.45) is 22.7 Å². The largest absolute Gasteiger partial charge is 0.481 e. The van der Waals surface area contributed by atoms with Gasteiger partial charge in [-0.05, 0) is 86.2 Å². The highest BCUT2D eigenvalue weighted by Crippen LogP contribution is 2.66. The van der Waals surface area contributed by atoms with Gasteiger partial charge in [0.2, 0.25) is 3.79 Å². The molecule has 9 nitrogen and oxygen atoms in total. The van der Waals surface area contributed by atoms with Crippen molar-refractivity contribution in [1.82, 2.24) is 20.4 Å². The molecule has 0 radical (unpaired) electrons. The lowest BCUT2D eigenvalue weighted by Crippen LogP contribution is -2.52. The average Bonchev–Trinajstić information content (AvgIpc) is 2.94. The van der Waals surface area contributed by atoms with Crippen LogP contribution >= 0.6 is 34.8 Å². The van der Waals surface area contributed by atoms with Gasteiger partial charge in [0.1, 0.15) is 6.10 Å². The fourth-order valence-corrected chi connectivity index (χ4v) is 9.55. The van der Waals surface area contributed by atoms with E-state index in [-0.39, 0.29) is 22.5 Å². The van der Waals surface area contributed by atoms with Crippen LogP contribution < -0.4 is 11.1 Å². The highest BCUT2D eigenvalue weighted by molar-refractivity contribution is 6.68. The number of nitrogens with one attached hydrogen (secondary N) is 2. The van der Waals surface area contributed by atoms with E-state index in [1.165, 1.54) is 0 Å². The van der Waals surface area contributed by atoms with Crippen LogP contribution in [0.5, 0.6) is 0 Å². The summed E-state index contributed by atoms with van der Waals surface area (Å²) >= 11 is 17.4. The summed E-state index contributed by atoms with van der Waals surface area (Å²) in [6, 6.07) is 15.2. The van der Waals surface area contributed by atoms with Gasteiger partial charge < -0.3 is 10.2 Å². The molecule has 2 aromatic heterocycles. The number of hydrogen-bond acceptors (Lipinski definition) is 6. The average molecular weight is 686 g/mol. The molecule has 1 unspecified atom stereocenters. The number of hydrogen-bond donors (Lipinski definition) is 4. The lowest BCUT2D eigenvalue weighted by molar-refractivity contribution is -0.142. The Morgan fingerprint density at radius 1 is 0.761 bits per heavy atom. The van der Waals surface area contributed by atoms with Crippen molar-refractivity contribution >= 4 is 62.3 Å². The molecule has 1 atom stereocenters. The molecule has 4 N–H and O–H groups in total. The summed E-state index contributed by atoms with van der Waals surface area (Å²) in [6.45, 7) is 0. The van der Waals surface area contributed by atoms with Gasteiger partial charge in [-0.3, -0.25) is 14.4 Å². The first-order valence-corrected chi connectivity index (χ1v) is 16.9. The van der Waals surface area contributed by atoms with E-state index in [0.29, 0.717) is 40.4 Å². The number of aromatic amines is 2. The molecule has 8 rings (SSSR count). The minimum absolute atomic E-state index is 0.0405. The van der Waals surface area contributed by atoms with Crippen LogP contribution in [0.3, 0.4) is 0 Å². The maximum atomic E-state index is 11.9. The Balaban J connectivity index is 0.000000147. The van der Waals surface area contributed by atoms with E-state index in [9.17, 15) is 19.5 Å². The molecule has 2 spiro atoms. The van der Waals surface area contributed by atoms with Crippen molar-refractivity contribution in [1.29, 1.82) is 0 Å². The van der Waals surface area contributed by atoms with Gasteiger partial charge in [0.05, 0.1) is 22.2 Å². The number of aliphatic hydroxyl groups is 1. The van der Waals surface area contributed by atoms with Gasteiger partial charge in [-0.15, -0.1) is 0 Å². The minimum Gasteiger partial charge on any atom is -0.481 e. The normalized spacial score (nSPS) is 30.4.